The SMILES string of the molecule is O=S(=O)(Nc1cccc(C#CCCO)c1)c1ccc(Cl)s1. The Balaban J connectivity index is 2.20. The number of anilines is 1. The molecule has 1 aromatic heterocycles. The highest BCUT2D eigenvalue weighted by Crippen LogP contribution is 2.27. The lowest BCUT2D eigenvalue weighted by Gasteiger charge is -2.06. The molecule has 0 amide bonds. The van der Waals surface area contributed by atoms with Crippen molar-refractivity contribution in [3.8, 4) is 11.8 Å². The lowest BCUT2D eigenvalue weighted by Crippen LogP contribution is -2.11. The van der Waals surface area contributed by atoms with E-state index in [2.05, 4.69) is 16.6 Å². The first-order chi connectivity index (χ1) is 10.0. The number of halogens is 1. The summed E-state index contributed by atoms with van der Waals surface area (Å²) in [5, 5.41) is 8.68. The van der Waals surface area contributed by atoms with Gasteiger partial charge in [0, 0.05) is 12.0 Å². The van der Waals surface area contributed by atoms with Crippen LogP contribution in [0.15, 0.2) is 40.6 Å². The predicted octanol–water partition coefficient (Wildman–Crippen LogP) is 2.94. The standard InChI is InChI=1S/C14H12ClNO3S2/c15-13-7-8-14(20-13)21(18,19)16-12-6-3-5-11(10-12)4-1-2-9-17/h3,5-8,10,16-17H,2,9H2. The molecular weight excluding hydrogens is 330 g/mol. The van der Waals surface area contributed by atoms with E-state index >= 15 is 0 Å². The molecule has 4 nitrogen and oxygen atoms in total. The lowest BCUT2D eigenvalue weighted by atomic mass is 10.2. The molecule has 2 rings (SSSR count). The van der Waals surface area contributed by atoms with Gasteiger partial charge in [-0.1, -0.05) is 29.5 Å². The van der Waals surface area contributed by atoms with Crippen LogP contribution in [0.1, 0.15) is 12.0 Å². The molecule has 0 aliphatic carbocycles. The summed E-state index contributed by atoms with van der Waals surface area (Å²) in [4.78, 5) is 0. The van der Waals surface area contributed by atoms with Gasteiger partial charge in [-0.05, 0) is 30.3 Å². The van der Waals surface area contributed by atoms with E-state index in [0.29, 0.717) is 22.0 Å². The molecule has 0 bridgehead atoms. The summed E-state index contributed by atoms with van der Waals surface area (Å²) in [5.74, 6) is 5.64. The van der Waals surface area contributed by atoms with E-state index in [1.165, 1.54) is 12.1 Å². The normalized spacial score (nSPS) is 10.8. The highest BCUT2D eigenvalue weighted by atomic mass is 35.5. The number of hydrogen-bond donors (Lipinski definition) is 2. The van der Waals surface area contributed by atoms with Gasteiger partial charge < -0.3 is 5.11 Å². The van der Waals surface area contributed by atoms with Crippen LogP contribution in [0.4, 0.5) is 5.69 Å². The van der Waals surface area contributed by atoms with Gasteiger partial charge in [0.25, 0.3) is 10.0 Å². The summed E-state index contributed by atoms with van der Waals surface area (Å²) < 4.78 is 27.4. The van der Waals surface area contributed by atoms with E-state index in [1.807, 2.05) is 0 Å². The van der Waals surface area contributed by atoms with Crippen LogP contribution in [0.5, 0.6) is 0 Å². The fourth-order valence-electron chi connectivity index (χ4n) is 1.53. The number of hydrogen-bond acceptors (Lipinski definition) is 4. The second kappa shape index (κ2) is 6.96. The van der Waals surface area contributed by atoms with Crippen LogP contribution in [0.2, 0.25) is 4.34 Å². The molecule has 1 aromatic carbocycles. The number of benzene rings is 1. The van der Waals surface area contributed by atoms with Crippen LogP contribution in [0.3, 0.4) is 0 Å². The predicted molar refractivity (Wildman–Crippen MR) is 85.2 cm³/mol. The molecule has 0 atom stereocenters. The molecule has 0 aliphatic rings. The van der Waals surface area contributed by atoms with Crippen molar-refractivity contribution in [3.05, 3.63) is 46.3 Å². The molecule has 0 aliphatic heterocycles. The number of aliphatic hydroxyl groups excluding tert-OH is 1. The van der Waals surface area contributed by atoms with Gasteiger partial charge in [0.1, 0.15) is 4.21 Å². The van der Waals surface area contributed by atoms with Crippen molar-refractivity contribution in [2.45, 2.75) is 10.6 Å². The quantitative estimate of drug-likeness (QED) is 0.840. The van der Waals surface area contributed by atoms with Crippen LogP contribution in [-0.4, -0.2) is 20.1 Å². The van der Waals surface area contributed by atoms with E-state index in [4.69, 9.17) is 16.7 Å². The molecule has 0 saturated heterocycles. The first-order valence-corrected chi connectivity index (χ1v) is 8.67. The van der Waals surface area contributed by atoms with Crippen LogP contribution in [0.25, 0.3) is 0 Å². The highest BCUT2D eigenvalue weighted by Gasteiger charge is 2.16. The van der Waals surface area contributed by atoms with Crippen molar-refractivity contribution in [3.63, 3.8) is 0 Å². The zero-order valence-electron chi connectivity index (χ0n) is 10.8. The Morgan fingerprint density at radius 2 is 2.10 bits per heavy atom. The molecule has 7 heteroatoms. The molecule has 0 unspecified atom stereocenters. The third kappa shape index (κ3) is 4.48. The molecule has 0 radical (unpaired) electrons. The van der Waals surface area contributed by atoms with Crippen LogP contribution >= 0.6 is 22.9 Å². The van der Waals surface area contributed by atoms with Gasteiger partial charge in [0.05, 0.1) is 16.6 Å². The molecule has 0 saturated carbocycles. The number of nitrogens with one attached hydrogen (secondary N) is 1. The Morgan fingerprint density at radius 3 is 2.76 bits per heavy atom. The van der Waals surface area contributed by atoms with Gasteiger partial charge >= 0.3 is 0 Å². The van der Waals surface area contributed by atoms with Gasteiger partial charge in [-0.3, -0.25) is 4.72 Å². The van der Waals surface area contributed by atoms with Crippen LogP contribution in [0, 0.1) is 11.8 Å². The Kier molecular flexibility index (Phi) is 5.26. The topological polar surface area (TPSA) is 66.4 Å². The Bertz CT molecular complexity index is 788. The highest BCUT2D eigenvalue weighted by molar-refractivity contribution is 7.94. The molecule has 21 heavy (non-hydrogen) atoms. The second-order valence-corrected chi connectivity index (χ2v) is 7.64. The van der Waals surface area contributed by atoms with E-state index in [0.717, 1.165) is 11.3 Å². The lowest BCUT2D eigenvalue weighted by molar-refractivity contribution is 0.305. The summed E-state index contributed by atoms with van der Waals surface area (Å²) in [6, 6.07) is 9.76. The minimum absolute atomic E-state index is 0.00153. The molecule has 2 aromatic rings. The minimum atomic E-state index is -3.64. The average Bonchev–Trinajstić information content (AvgIpc) is 2.87. The van der Waals surface area contributed by atoms with E-state index < -0.39 is 10.0 Å². The van der Waals surface area contributed by atoms with Gasteiger partial charge in [0.2, 0.25) is 0 Å². The van der Waals surface area contributed by atoms with Crippen molar-refractivity contribution in [2.24, 2.45) is 0 Å². The van der Waals surface area contributed by atoms with Gasteiger partial charge in [0.15, 0.2) is 0 Å². The smallest absolute Gasteiger partial charge is 0.271 e. The van der Waals surface area contributed by atoms with Gasteiger partial charge in [-0.2, -0.15) is 0 Å². The van der Waals surface area contributed by atoms with E-state index in [1.54, 1.807) is 24.3 Å². The summed E-state index contributed by atoms with van der Waals surface area (Å²) in [6.45, 7) is -0.00153. The summed E-state index contributed by atoms with van der Waals surface area (Å²) in [7, 11) is -3.64. The average molecular weight is 342 g/mol. The molecule has 110 valence electrons. The maximum Gasteiger partial charge on any atom is 0.271 e. The maximum absolute atomic E-state index is 12.2. The third-order valence-corrected chi connectivity index (χ3v) is 5.50. The van der Waals surface area contributed by atoms with Gasteiger partial charge in [-0.15, -0.1) is 11.3 Å². The van der Waals surface area contributed by atoms with Crippen molar-refractivity contribution in [1.82, 2.24) is 0 Å². The Labute approximate surface area is 132 Å². The monoisotopic (exact) mass is 341 g/mol. The zero-order chi connectivity index (χ0) is 15.3. The fraction of sp³-hybridized carbons (Fsp3) is 0.143. The summed E-state index contributed by atoms with van der Waals surface area (Å²) in [6.07, 6.45) is 0.379. The molecule has 1 heterocycles. The second-order valence-electron chi connectivity index (χ2n) is 4.02. The third-order valence-electron chi connectivity index (χ3n) is 2.40. The number of sulfonamides is 1. The van der Waals surface area contributed by atoms with Crippen molar-refractivity contribution < 1.29 is 13.5 Å². The fourth-order valence-corrected chi connectivity index (χ4v) is 4.06. The summed E-state index contributed by atoms with van der Waals surface area (Å²) >= 11 is 6.75. The largest absolute Gasteiger partial charge is 0.395 e. The van der Waals surface area contributed by atoms with E-state index in [-0.39, 0.29) is 10.8 Å². The Morgan fingerprint density at radius 1 is 1.29 bits per heavy atom. The molecule has 0 fully saturated rings. The van der Waals surface area contributed by atoms with Crippen molar-refractivity contribution in [1.29, 1.82) is 0 Å². The number of rotatable bonds is 4. The van der Waals surface area contributed by atoms with Crippen LogP contribution < -0.4 is 4.72 Å². The first-order valence-electron chi connectivity index (χ1n) is 5.99. The number of thiophene rings is 1. The van der Waals surface area contributed by atoms with Crippen molar-refractivity contribution >= 4 is 38.6 Å². The first kappa shape index (κ1) is 15.9. The maximum atomic E-state index is 12.2. The number of aliphatic hydroxyl groups is 1. The Hall–Kier alpha value is -1.52. The van der Waals surface area contributed by atoms with Crippen LogP contribution in [-0.2, 0) is 10.0 Å². The van der Waals surface area contributed by atoms with E-state index in [9.17, 15) is 8.42 Å². The van der Waals surface area contributed by atoms with Gasteiger partial charge in [-0.25, -0.2) is 8.42 Å². The molecule has 0 spiro atoms. The minimum Gasteiger partial charge on any atom is -0.395 e. The summed E-state index contributed by atoms with van der Waals surface area (Å²) in [5.41, 5.74) is 1.10. The van der Waals surface area contributed by atoms with Crippen molar-refractivity contribution in [2.75, 3.05) is 11.3 Å². The zero-order valence-corrected chi connectivity index (χ0v) is 13.2. The molecule has 2 N–H and O–H groups in total. The molecular formula is C14H12ClNO3S2.